The van der Waals surface area contributed by atoms with E-state index in [9.17, 15) is 8.78 Å². The minimum absolute atomic E-state index is 0.194. The first-order valence-electron chi connectivity index (χ1n) is 9.21. The van der Waals surface area contributed by atoms with Crippen LogP contribution in [0.2, 0.25) is 0 Å². The Bertz CT molecular complexity index is 1100. The monoisotopic (exact) mass is 503 g/mol. The molecule has 0 N–H and O–H groups in total. The van der Waals surface area contributed by atoms with Crippen molar-refractivity contribution in [3.63, 3.8) is 0 Å². The summed E-state index contributed by atoms with van der Waals surface area (Å²) >= 11 is 0.194. The number of aliphatic imine (C=N–C) groups is 2. The molecule has 3 rings (SSSR count). The summed E-state index contributed by atoms with van der Waals surface area (Å²) in [7, 11) is 9.53. The Morgan fingerprint density at radius 3 is 1.94 bits per heavy atom. The molecule has 0 atom stereocenters. The Morgan fingerprint density at radius 2 is 1.35 bits per heavy atom. The third-order valence-corrected chi connectivity index (χ3v) is 4.36. The molecule has 0 fully saturated rings. The first-order valence-corrected chi connectivity index (χ1v) is 12.3. The van der Waals surface area contributed by atoms with Gasteiger partial charge in [0.05, 0.1) is 28.5 Å². The van der Waals surface area contributed by atoms with Crippen molar-refractivity contribution in [2.24, 2.45) is 9.98 Å². The maximum absolute atomic E-state index is 13.9. The summed E-state index contributed by atoms with van der Waals surface area (Å²) in [5.74, 6) is -1.41. The van der Waals surface area contributed by atoms with E-state index in [2.05, 4.69) is 9.98 Å². The Morgan fingerprint density at radius 1 is 0.839 bits per heavy atom. The van der Waals surface area contributed by atoms with Gasteiger partial charge in [-0.15, -0.1) is 0 Å². The normalized spacial score (nSPS) is 11.9. The fourth-order valence-electron chi connectivity index (χ4n) is 2.74. The molecule has 0 bridgehead atoms. The van der Waals surface area contributed by atoms with Gasteiger partial charge in [-0.25, -0.2) is 18.8 Å². The first kappa shape index (κ1) is 25.2. The number of aromatic nitrogens is 1. The summed E-state index contributed by atoms with van der Waals surface area (Å²) in [6, 6.07) is 15.2. The minimum atomic E-state index is -0.705. The molecule has 0 spiro atoms. The van der Waals surface area contributed by atoms with Crippen LogP contribution < -0.4 is 0 Å². The number of halogens is 4. The molecule has 2 aromatic carbocycles. The van der Waals surface area contributed by atoms with Crippen LogP contribution >= 0.6 is 20.2 Å². The molecule has 164 valence electrons. The number of pyridine rings is 1. The van der Waals surface area contributed by atoms with Crippen molar-refractivity contribution in [3.05, 3.63) is 88.7 Å². The fraction of sp³-hybridized carbons (Fsp3) is 0.174. The van der Waals surface area contributed by atoms with E-state index in [4.69, 9.17) is 25.2 Å². The molecule has 0 saturated carbocycles. The molecule has 31 heavy (non-hydrogen) atoms. The van der Waals surface area contributed by atoms with E-state index >= 15 is 0 Å². The zero-order valence-corrected chi connectivity index (χ0v) is 20.0. The first-order chi connectivity index (χ1) is 14.8. The summed E-state index contributed by atoms with van der Waals surface area (Å²) in [6.07, 6.45) is 0. The van der Waals surface area contributed by atoms with Crippen molar-refractivity contribution in [1.82, 2.24) is 4.98 Å². The van der Waals surface area contributed by atoms with Crippen LogP contribution in [0.1, 0.15) is 36.4 Å². The topological polar surface area (TPSA) is 37.6 Å². The molecule has 0 aliphatic carbocycles. The predicted molar refractivity (Wildman–Crippen MR) is 122 cm³/mol. The average molecular weight is 504 g/mol. The van der Waals surface area contributed by atoms with Gasteiger partial charge in [0.1, 0.15) is 5.69 Å². The average Bonchev–Trinajstić information content (AvgIpc) is 2.74. The summed E-state index contributed by atoms with van der Waals surface area (Å²) in [4.78, 5) is 13.4. The zero-order chi connectivity index (χ0) is 23.0. The molecular weight excluding hydrogens is 483 g/mol. The van der Waals surface area contributed by atoms with E-state index in [1.165, 1.54) is 18.2 Å². The zero-order valence-electron chi connectivity index (χ0n) is 17.4. The summed E-state index contributed by atoms with van der Waals surface area (Å²) < 4.78 is 27.7. The van der Waals surface area contributed by atoms with Gasteiger partial charge in [0.15, 0.2) is 11.6 Å². The van der Waals surface area contributed by atoms with Crippen molar-refractivity contribution in [3.8, 4) is 0 Å². The Labute approximate surface area is 195 Å². The van der Waals surface area contributed by atoms with Crippen molar-refractivity contribution >= 4 is 43.0 Å². The standard InChI is InChI=1S/C23H21F2N3.2ClH.Fe/c1-14-11-12-15(2)22(13-14)26-16(3)20-9-6-10-21(28-20)17(4)27-23-18(24)7-5-8-19(23)25;;;/h5-13H,1-4H3;2*1H;/q;;;+2/p-2. The molecule has 0 unspecified atom stereocenters. The molecule has 1 heterocycles. The maximum atomic E-state index is 13.9. The predicted octanol–water partition coefficient (Wildman–Crippen LogP) is 7.63. The van der Waals surface area contributed by atoms with Gasteiger partial charge in [0.25, 0.3) is 0 Å². The SMILES string of the molecule is CC(=Nc1cc(C)ccc1C)c1cccc(C(C)=Nc2c(F)cccc2F)n1.[Cl][Fe][Cl]. The van der Waals surface area contributed by atoms with E-state index in [1.54, 1.807) is 13.0 Å². The van der Waals surface area contributed by atoms with Gasteiger partial charge in [-0.3, -0.25) is 4.99 Å². The van der Waals surface area contributed by atoms with Gasteiger partial charge in [0.2, 0.25) is 0 Å². The Balaban J connectivity index is 0.00000107. The van der Waals surface area contributed by atoms with Crippen LogP contribution in [-0.2, 0) is 13.1 Å². The third kappa shape index (κ3) is 7.22. The molecule has 3 nitrogen and oxygen atoms in total. The van der Waals surface area contributed by atoms with Gasteiger partial charge in [-0.2, -0.15) is 0 Å². The Kier molecular flexibility index (Phi) is 9.79. The van der Waals surface area contributed by atoms with Crippen molar-refractivity contribution in [2.45, 2.75) is 27.7 Å². The van der Waals surface area contributed by atoms with Crippen LogP contribution in [0.5, 0.6) is 0 Å². The van der Waals surface area contributed by atoms with Crippen LogP contribution in [0.3, 0.4) is 0 Å². The summed E-state index contributed by atoms with van der Waals surface area (Å²) in [6.45, 7) is 7.59. The van der Waals surface area contributed by atoms with E-state index in [0.29, 0.717) is 17.1 Å². The van der Waals surface area contributed by atoms with Crippen LogP contribution in [-0.4, -0.2) is 16.4 Å². The van der Waals surface area contributed by atoms with E-state index in [0.717, 1.165) is 22.5 Å². The number of rotatable bonds is 4. The number of benzene rings is 2. The van der Waals surface area contributed by atoms with Crippen molar-refractivity contribution < 1.29 is 21.9 Å². The number of aryl methyl sites for hydroxylation is 2. The van der Waals surface area contributed by atoms with Gasteiger partial charge in [0, 0.05) is 0 Å². The molecule has 0 amide bonds. The number of nitrogens with zero attached hydrogens (tertiary/aromatic N) is 3. The summed E-state index contributed by atoms with van der Waals surface area (Å²) in [5.41, 5.74) is 5.18. The van der Waals surface area contributed by atoms with Crippen molar-refractivity contribution in [2.75, 3.05) is 0 Å². The second kappa shape index (κ2) is 12.1. The quantitative estimate of drug-likeness (QED) is 0.266. The molecule has 0 saturated heterocycles. The van der Waals surface area contributed by atoms with Gasteiger partial charge < -0.3 is 0 Å². The molecule has 0 radical (unpaired) electrons. The van der Waals surface area contributed by atoms with Gasteiger partial charge >= 0.3 is 33.3 Å². The van der Waals surface area contributed by atoms with Gasteiger partial charge in [-0.1, -0.05) is 24.3 Å². The molecular formula is C23H21Cl2F2FeN3. The number of hydrogen-bond acceptors (Lipinski definition) is 3. The summed E-state index contributed by atoms with van der Waals surface area (Å²) in [5, 5.41) is 0. The second-order valence-corrected chi connectivity index (χ2v) is 8.54. The Hall–Kier alpha value is -2.11. The number of para-hydroxylation sites is 1. The van der Waals surface area contributed by atoms with Crippen LogP contribution in [0.15, 0.2) is 64.6 Å². The molecule has 8 heteroatoms. The molecule has 0 aliphatic rings. The van der Waals surface area contributed by atoms with Crippen LogP contribution in [0.25, 0.3) is 0 Å². The molecule has 1 aromatic heterocycles. The molecule has 3 aromatic rings. The number of hydrogen-bond donors (Lipinski definition) is 0. The third-order valence-electron chi connectivity index (χ3n) is 4.36. The molecule has 0 aliphatic heterocycles. The fourth-order valence-corrected chi connectivity index (χ4v) is 2.74. The van der Waals surface area contributed by atoms with E-state index in [-0.39, 0.29) is 18.8 Å². The second-order valence-electron chi connectivity index (χ2n) is 6.71. The van der Waals surface area contributed by atoms with Gasteiger partial charge in [-0.05, 0) is 69.2 Å². The van der Waals surface area contributed by atoms with Crippen molar-refractivity contribution in [1.29, 1.82) is 0 Å². The van der Waals surface area contributed by atoms with Crippen LogP contribution in [0, 0.1) is 25.5 Å². The van der Waals surface area contributed by atoms with E-state index < -0.39 is 11.6 Å². The van der Waals surface area contributed by atoms with Crippen LogP contribution in [0.4, 0.5) is 20.2 Å². The van der Waals surface area contributed by atoms with E-state index in [1.807, 2.05) is 51.1 Å².